The molecule has 1 aliphatic rings. The smallest absolute Gasteiger partial charge is 0.243 e. The molecule has 0 spiro atoms. The number of unbranched alkanes of at least 4 members (excludes halogenated alkanes) is 1. The first kappa shape index (κ1) is 19.9. The summed E-state index contributed by atoms with van der Waals surface area (Å²) in [4.78, 5) is 14.6. The minimum atomic E-state index is -3.48. The van der Waals surface area contributed by atoms with Gasteiger partial charge in [-0.25, -0.2) is 8.42 Å². The lowest BCUT2D eigenvalue weighted by molar-refractivity contribution is -0.135. The molecular formula is C19H30N2O3S. The Balaban J connectivity index is 2.01. The molecule has 0 N–H and O–H groups in total. The minimum absolute atomic E-state index is 0.0620. The molecule has 5 nitrogen and oxygen atoms in total. The lowest BCUT2D eigenvalue weighted by Crippen LogP contribution is -2.43. The maximum atomic E-state index is 12.8. The summed E-state index contributed by atoms with van der Waals surface area (Å²) >= 11 is 0. The van der Waals surface area contributed by atoms with Crippen LogP contribution in [0.1, 0.15) is 43.7 Å². The number of benzene rings is 1. The summed E-state index contributed by atoms with van der Waals surface area (Å²) in [6, 6.07) is 5.26. The fourth-order valence-corrected chi connectivity index (χ4v) is 4.74. The molecule has 0 radical (unpaired) electrons. The number of rotatable bonds is 6. The van der Waals surface area contributed by atoms with E-state index in [0.717, 1.165) is 30.5 Å². The van der Waals surface area contributed by atoms with Crippen molar-refractivity contribution in [1.82, 2.24) is 9.21 Å². The van der Waals surface area contributed by atoms with Gasteiger partial charge in [0.1, 0.15) is 0 Å². The average Bonchev–Trinajstić information content (AvgIpc) is 2.61. The Labute approximate surface area is 152 Å². The largest absolute Gasteiger partial charge is 0.346 e. The molecule has 1 amide bonds. The fourth-order valence-electron chi connectivity index (χ4n) is 3.18. The van der Waals surface area contributed by atoms with Crippen LogP contribution in [0.2, 0.25) is 0 Å². The van der Waals surface area contributed by atoms with Crippen LogP contribution >= 0.6 is 0 Å². The highest BCUT2D eigenvalue weighted by Gasteiger charge is 2.33. The number of nitrogens with zero attached hydrogens (tertiary/aromatic N) is 2. The fraction of sp³-hybridized carbons (Fsp3) is 0.632. The number of aryl methyl sites for hydroxylation is 2. The quantitative estimate of drug-likeness (QED) is 0.778. The zero-order valence-electron chi connectivity index (χ0n) is 15.8. The van der Waals surface area contributed by atoms with Crippen molar-refractivity contribution < 1.29 is 13.2 Å². The molecule has 0 aromatic heterocycles. The van der Waals surface area contributed by atoms with Crippen molar-refractivity contribution in [1.29, 1.82) is 0 Å². The number of hydrogen-bond acceptors (Lipinski definition) is 3. The van der Waals surface area contributed by atoms with Crippen LogP contribution in [-0.2, 0) is 14.8 Å². The van der Waals surface area contributed by atoms with Crippen LogP contribution in [-0.4, -0.2) is 50.2 Å². The first-order valence-corrected chi connectivity index (χ1v) is 10.5. The van der Waals surface area contributed by atoms with Crippen LogP contribution < -0.4 is 0 Å². The van der Waals surface area contributed by atoms with Crippen molar-refractivity contribution in [2.45, 2.75) is 51.3 Å². The van der Waals surface area contributed by atoms with E-state index < -0.39 is 10.0 Å². The Morgan fingerprint density at radius 1 is 1.20 bits per heavy atom. The summed E-state index contributed by atoms with van der Waals surface area (Å²) in [5, 5.41) is 0. The van der Waals surface area contributed by atoms with E-state index >= 15 is 0 Å². The Kier molecular flexibility index (Phi) is 6.63. The predicted octanol–water partition coefficient (Wildman–Crippen LogP) is 2.96. The van der Waals surface area contributed by atoms with E-state index in [9.17, 15) is 13.2 Å². The van der Waals surface area contributed by atoms with E-state index in [1.807, 2.05) is 27.0 Å². The number of carbonyl (C=O) groups excluding carboxylic acids is 1. The van der Waals surface area contributed by atoms with E-state index in [4.69, 9.17) is 0 Å². The topological polar surface area (TPSA) is 57.7 Å². The third-order valence-electron chi connectivity index (χ3n) is 5.14. The van der Waals surface area contributed by atoms with Crippen LogP contribution in [0.15, 0.2) is 23.1 Å². The van der Waals surface area contributed by atoms with E-state index in [0.29, 0.717) is 30.8 Å². The van der Waals surface area contributed by atoms with E-state index in [1.54, 1.807) is 17.0 Å². The van der Waals surface area contributed by atoms with Crippen molar-refractivity contribution in [3.05, 3.63) is 29.3 Å². The highest BCUT2D eigenvalue weighted by molar-refractivity contribution is 7.89. The Morgan fingerprint density at radius 2 is 1.84 bits per heavy atom. The molecule has 0 saturated carbocycles. The van der Waals surface area contributed by atoms with Gasteiger partial charge in [-0.15, -0.1) is 0 Å². The van der Waals surface area contributed by atoms with Gasteiger partial charge in [-0.3, -0.25) is 4.79 Å². The lowest BCUT2D eigenvalue weighted by Gasteiger charge is -2.32. The zero-order chi connectivity index (χ0) is 18.6. The first-order valence-electron chi connectivity index (χ1n) is 9.09. The summed E-state index contributed by atoms with van der Waals surface area (Å²) in [7, 11) is -1.63. The van der Waals surface area contributed by atoms with Gasteiger partial charge >= 0.3 is 0 Å². The molecule has 1 aromatic rings. The number of hydrogen-bond donors (Lipinski definition) is 0. The van der Waals surface area contributed by atoms with Gasteiger partial charge in [0.2, 0.25) is 15.9 Å². The van der Waals surface area contributed by atoms with Gasteiger partial charge in [0.15, 0.2) is 0 Å². The van der Waals surface area contributed by atoms with Gasteiger partial charge < -0.3 is 4.90 Å². The first-order chi connectivity index (χ1) is 11.8. The molecule has 1 aromatic carbocycles. The van der Waals surface area contributed by atoms with Crippen LogP contribution in [0.4, 0.5) is 0 Å². The minimum Gasteiger partial charge on any atom is -0.346 e. The molecule has 0 bridgehead atoms. The van der Waals surface area contributed by atoms with Crippen LogP contribution in [0, 0.1) is 19.8 Å². The molecule has 0 unspecified atom stereocenters. The van der Waals surface area contributed by atoms with Crippen LogP contribution in [0.3, 0.4) is 0 Å². The van der Waals surface area contributed by atoms with Crippen molar-refractivity contribution >= 4 is 15.9 Å². The van der Waals surface area contributed by atoms with Gasteiger partial charge in [0, 0.05) is 32.6 Å². The maximum absolute atomic E-state index is 12.8. The summed E-state index contributed by atoms with van der Waals surface area (Å²) in [6.45, 7) is 7.59. The third-order valence-corrected chi connectivity index (χ3v) is 7.04. The molecule has 6 heteroatoms. The second-order valence-corrected chi connectivity index (χ2v) is 8.98. The van der Waals surface area contributed by atoms with Gasteiger partial charge in [0.05, 0.1) is 4.90 Å². The maximum Gasteiger partial charge on any atom is 0.243 e. The SMILES string of the molecule is CCCCN(C)C(=O)C1CCN(S(=O)(=O)c2ccc(C)c(C)c2)CC1. The highest BCUT2D eigenvalue weighted by atomic mass is 32.2. The Hall–Kier alpha value is -1.40. The second kappa shape index (κ2) is 8.32. The van der Waals surface area contributed by atoms with E-state index in [2.05, 4.69) is 6.92 Å². The number of sulfonamides is 1. The predicted molar refractivity (Wildman–Crippen MR) is 99.9 cm³/mol. The van der Waals surface area contributed by atoms with Gasteiger partial charge in [-0.2, -0.15) is 4.31 Å². The molecule has 25 heavy (non-hydrogen) atoms. The van der Waals surface area contributed by atoms with Gasteiger partial charge in [-0.1, -0.05) is 19.4 Å². The van der Waals surface area contributed by atoms with Crippen molar-refractivity contribution in [3.63, 3.8) is 0 Å². The van der Waals surface area contributed by atoms with Gasteiger partial charge in [0.25, 0.3) is 0 Å². The molecule has 2 rings (SSSR count). The Morgan fingerprint density at radius 3 is 2.40 bits per heavy atom. The summed E-state index contributed by atoms with van der Waals surface area (Å²) in [6.07, 6.45) is 3.26. The summed E-state index contributed by atoms with van der Waals surface area (Å²) in [5.74, 6) is 0.0877. The molecule has 140 valence electrons. The number of carbonyl (C=O) groups is 1. The molecule has 0 aliphatic carbocycles. The second-order valence-electron chi connectivity index (χ2n) is 7.04. The molecule has 1 heterocycles. The van der Waals surface area contributed by atoms with Crippen molar-refractivity contribution in [3.8, 4) is 0 Å². The lowest BCUT2D eigenvalue weighted by atomic mass is 9.96. The number of piperidine rings is 1. The summed E-state index contributed by atoms with van der Waals surface area (Å²) < 4.78 is 27.2. The zero-order valence-corrected chi connectivity index (χ0v) is 16.6. The normalized spacial score (nSPS) is 16.8. The van der Waals surface area contributed by atoms with Gasteiger partial charge in [-0.05, 0) is 56.4 Å². The molecule has 1 saturated heterocycles. The van der Waals surface area contributed by atoms with Crippen LogP contribution in [0.5, 0.6) is 0 Å². The van der Waals surface area contributed by atoms with Crippen molar-refractivity contribution in [2.75, 3.05) is 26.7 Å². The van der Waals surface area contributed by atoms with E-state index in [1.165, 1.54) is 4.31 Å². The van der Waals surface area contributed by atoms with Crippen LogP contribution in [0.25, 0.3) is 0 Å². The van der Waals surface area contributed by atoms with E-state index in [-0.39, 0.29) is 11.8 Å². The molecular weight excluding hydrogens is 336 g/mol. The average molecular weight is 367 g/mol. The molecule has 1 aliphatic heterocycles. The third kappa shape index (κ3) is 4.61. The summed E-state index contributed by atoms with van der Waals surface area (Å²) in [5.41, 5.74) is 2.06. The number of amides is 1. The highest BCUT2D eigenvalue weighted by Crippen LogP contribution is 2.26. The molecule has 0 atom stereocenters. The molecule has 1 fully saturated rings. The standard InChI is InChI=1S/C19H30N2O3S/c1-5-6-11-20(4)19(22)17-9-12-21(13-10-17)25(23,24)18-8-7-15(2)16(3)14-18/h7-8,14,17H,5-6,9-13H2,1-4H3. The Bertz CT molecular complexity index is 707. The monoisotopic (exact) mass is 366 g/mol. The van der Waals surface area contributed by atoms with Crippen molar-refractivity contribution in [2.24, 2.45) is 5.92 Å².